The highest BCUT2D eigenvalue weighted by Crippen LogP contribution is 2.18. The van der Waals surface area contributed by atoms with E-state index < -0.39 is 10.2 Å². The Labute approximate surface area is 116 Å². The van der Waals surface area contributed by atoms with Gasteiger partial charge in [0, 0.05) is 19.6 Å². The lowest BCUT2D eigenvalue weighted by atomic mass is 10.2. The summed E-state index contributed by atoms with van der Waals surface area (Å²) >= 11 is 0. The summed E-state index contributed by atoms with van der Waals surface area (Å²) in [6, 6.07) is 7.33. The van der Waals surface area contributed by atoms with Crippen LogP contribution >= 0.6 is 0 Å². The first-order chi connectivity index (χ1) is 8.88. The zero-order valence-electron chi connectivity index (χ0n) is 12.0. The Bertz CT molecular complexity index is 500. The standard InChI is InChI=1S/C13H23N3O2S/c1-5-14-10-12-8-6-7-9-13(12)15-19(17,18)16(4)11(2)3/h6-9,11,14-15H,5,10H2,1-4H3. The Kier molecular flexibility index (Phi) is 5.78. The molecule has 0 spiro atoms. The Balaban J connectivity index is 2.93. The van der Waals surface area contributed by atoms with Crippen molar-refractivity contribution in [3.8, 4) is 0 Å². The summed E-state index contributed by atoms with van der Waals surface area (Å²) in [5.74, 6) is 0. The molecule has 0 saturated carbocycles. The molecule has 5 nitrogen and oxygen atoms in total. The average Bonchev–Trinajstić information content (AvgIpc) is 2.36. The molecule has 19 heavy (non-hydrogen) atoms. The molecule has 0 aliphatic carbocycles. The highest BCUT2D eigenvalue weighted by molar-refractivity contribution is 7.90. The Hall–Kier alpha value is -1.11. The zero-order valence-corrected chi connectivity index (χ0v) is 12.8. The zero-order chi connectivity index (χ0) is 14.5. The second kappa shape index (κ2) is 6.88. The first-order valence-corrected chi connectivity index (χ1v) is 7.87. The molecule has 1 aromatic rings. The molecule has 0 amide bonds. The molecule has 0 bridgehead atoms. The monoisotopic (exact) mass is 285 g/mol. The van der Waals surface area contributed by atoms with Crippen LogP contribution < -0.4 is 10.0 Å². The van der Waals surface area contributed by atoms with Crippen molar-refractivity contribution in [2.45, 2.75) is 33.4 Å². The number of benzene rings is 1. The van der Waals surface area contributed by atoms with Crippen LogP contribution in [0.15, 0.2) is 24.3 Å². The molecule has 6 heteroatoms. The van der Waals surface area contributed by atoms with E-state index in [0.717, 1.165) is 12.1 Å². The SMILES string of the molecule is CCNCc1ccccc1NS(=O)(=O)N(C)C(C)C. The van der Waals surface area contributed by atoms with Crippen molar-refractivity contribution in [2.24, 2.45) is 0 Å². The molecule has 0 aromatic heterocycles. The van der Waals surface area contributed by atoms with Gasteiger partial charge in [-0.15, -0.1) is 0 Å². The molecule has 0 unspecified atom stereocenters. The third-order valence-electron chi connectivity index (χ3n) is 2.93. The third-order valence-corrected chi connectivity index (χ3v) is 4.59. The second-order valence-corrected chi connectivity index (χ2v) is 6.38. The maximum Gasteiger partial charge on any atom is 0.301 e. The molecule has 1 aromatic carbocycles. The van der Waals surface area contributed by atoms with E-state index in [1.54, 1.807) is 13.1 Å². The smallest absolute Gasteiger partial charge is 0.301 e. The van der Waals surface area contributed by atoms with Crippen molar-refractivity contribution in [2.75, 3.05) is 18.3 Å². The summed E-state index contributed by atoms with van der Waals surface area (Å²) in [5, 5.41) is 3.19. The van der Waals surface area contributed by atoms with Gasteiger partial charge in [0.2, 0.25) is 0 Å². The topological polar surface area (TPSA) is 61.4 Å². The predicted octanol–water partition coefficient (Wildman–Crippen LogP) is 1.79. The van der Waals surface area contributed by atoms with E-state index in [4.69, 9.17) is 0 Å². The van der Waals surface area contributed by atoms with Gasteiger partial charge < -0.3 is 5.32 Å². The fourth-order valence-electron chi connectivity index (χ4n) is 1.52. The van der Waals surface area contributed by atoms with E-state index in [0.29, 0.717) is 12.2 Å². The lowest BCUT2D eigenvalue weighted by Crippen LogP contribution is -2.37. The van der Waals surface area contributed by atoms with Crippen LogP contribution in [0.4, 0.5) is 5.69 Å². The van der Waals surface area contributed by atoms with Gasteiger partial charge in [0.25, 0.3) is 0 Å². The van der Waals surface area contributed by atoms with Crippen LogP contribution in [0.25, 0.3) is 0 Å². The fourth-order valence-corrected chi connectivity index (χ4v) is 2.70. The minimum Gasteiger partial charge on any atom is -0.313 e. The lowest BCUT2D eigenvalue weighted by Gasteiger charge is -2.22. The highest BCUT2D eigenvalue weighted by atomic mass is 32.2. The van der Waals surface area contributed by atoms with Crippen LogP contribution in [0.3, 0.4) is 0 Å². The van der Waals surface area contributed by atoms with Crippen molar-refractivity contribution in [1.29, 1.82) is 0 Å². The minimum absolute atomic E-state index is 0.0848. The average molecular weight is 285 g/mol. The van der Waals surface area contributed by atoms with Gasteiger partial charge in [-0.1, -0.05) is 25.1 Å². The largest absolute Gasteiger partial charge is 0.313 e. The molecule has 0 heterocycles. The summed E-state index contributed by atoms with van der Waals surface area (Å²) in [6.45, 7) is 7.17. The van der Waals surface area contributed by atoms with Gasteiger partial charge in [-0.05, 0) is 32.0 Å². The van der Waals surface area contributed by atoms with Crippen LogP contribution in [0.1, 0.15) is 26.3 Å². The number of rotatable bonds is 7. The van der Waals surface area contributed by atoms with Crippen LogP contribution in [-0.2, 0) is 16.8 Å². The summed E-state index contributed by atoms with van der Waals surface area (Å²) in [4.78, 5) is 0. The second-order valence-electron chi connectivity index (χ2n) is 4.65. The molecule has 2 N–H and O–H groups in total. The van der Waals surface area contributed by atoms with Crippen LogP contribution in [0.2, 0.25) is 0 Å². The van der Waals surface area contributed by atoms with Gasteiger partial charge in [-0.2, -0.15) is 12.7 Å². The van der Waals surface area contributed by atoms with Gasteiger partial charge in [0.1, 0.15) is 0 Å². The Morgan fingerprint density at radius 3 is 2.47 bits per heavy atom. The summed E-state index contributed by atoms with van der Waals surface area (Å²) in [7, 11) is -1.94. The lowest BCUT2D eigenvalue weighted by molar-refractivity contribution is 0.414. The first-order valence-electron chi connectivity index (χ1n) is 6.43. The molecule has 0 aliphatic rings. The van der Waals surface area contributed by atoms with Gasteiger partial charge in [-0.25, -0.2) is 0 Å². The highest BCUT2D eigenvalue weighted by Gasteiger charge is 2.21. The molecule has 0 radical (unpaired) electrons. The molecular formula is C13H23N3O2S. The van der Waals surface area contributed by atoms with Gasteiger partial charge in [-0.3, -0.25) is 4.72 Å². The number of nitrogens with one attached hydrogen (secondary N) is 2. The van der Waals surface area contributed by atoms with E-state index in [1.807, 2.05) is 39.0 Å². The number of anilines is 1. The van der Waals surface area contributed by atoms with Gasteiger partial charge in [0.15, 0.2) is 0 Å². The first kappa shape index (κ1) is 15.9. The molecular weight excluding hydrogens is 262 g/mol. The molecule has 0 aliphatic heterocycles. The van der Waals surface area contributed by atoms with E-state index in [9.17, 15) is 8.42 Å². The summed E-state index contributed by atoms with van der Waals surface area (Å²) < 4.78 is 28.3. The van der Waals surface area contributed by atoms with E-state index in [1.165, 1.54) is 4.31 Å². The van der Waals surface area contributed by atoms with Crippen LogP contribution in [0.5, 0.6) is 0 Å². The molecule has 108 valence electrons. The molecule has 0 fully saturated rings. The molecule has 1 rings (SSSR count). The quantitative estimate of drug-likeness (QED) is 0.803. The van der Waals surface area contributed by atoms with E-state index >= 15 is 0 Å². The van der Waals surface area contributed by atoms with Gasteiger partial charge in [0.05, 0.1) is 5.69 Å². The van der Waals surface area contributed by atoms with Crippen molar-refractivity contribution in [3.05, 3.63) is 29.8 Å². The van der Waals surface area contributed by atoms with Crippen molar-refractivity contribution in [3.63, 3.8) is 0 Å². The fraction of sp³-hybridized carbons (Fsp3) is 0.538. The molecule has 0 atom stereocenters. The maximum atomic E-state index is 12.2. The third kappa shape index (κ3) is 4.49. The van der Waals surface area contributed by atoms with Crippen LogP contribution in [-0.4, -0.2) is 32.4 Å². The van der Waals surface area contributed by atoms with Crippen LogP contribution in [0, 0.1) is 0 Å². The maximum absolute atomic E-state index is 12.2. The minimum atomic E-state index is -3.50. The van der Waals surface area contributed by atoms with Crippen molar-refractivity contribution >= 4 is 15.9 Å². The predicted molar refractivity (Wildman–Crippen MR) is 79.3 cm³/mol. The number of para-hydroxylation sites is 1. The normalized spacial score (nSPS) is 12.1. The van der Waals surface area contributed by atoms with E-state index in [2.05, 4.69) is 10.0 Å². The van der Waals surface area contributed by atoms with Crippen molar-refractivity contribution in [1.82, 2.24) is 9.62 Å². The number of nitrogens with zero attached hydrogens (tertiary/aromatic N) is 1. The molecule has 0 saturated heterocycles. The van der Waals surface area contributed by atoms with Gasteiger partial charge >= 0.3 is 10.2 Å². The number of hydrogen-bond acceptors (Lipinski definition) is 3. The number of hydrogen-bond donors (Lipinski definition) is 2. The van der Waals surface area contributed by atoms with E-state index in [-0.39, 0.29) is 6.04 Å². The Morgan fingerprint density at radius 2 is 1.89 bits per heavy atom. The summed E-state index contributed by atoms with van der Waals surface area (Å²) in [5.41, 5.74) is 1.56. The summed E-state index contributed by atoms with van der Waals surface area (Å²) in [6.07, 6.45) is 0. The van der Waals surface area contributed by atoms with Crippen molar-refractivity contribution < 1.29 is 8.42 Å². The Morgan fingerprint density at radius 1 is 1.26 bits per heavy atom.